The number of halogens is 2. The molecule has 0 aliphatic carbocycles. The summed E-state index contributed by atoms with van der Waals surface area (Å²) in [5.74, 6) is 1.33. The Morgan fingerprint density at radius 1 is 1.56 bits per heavy atom. The molecule has 0 heterocycles. The van der Waals surface area contributed by atoms with Gasteiger partial charge in [-0.25, -0.2) is 0 Å². The average Bonchev–Trinajstić information content (AvgIpc) is 2.35. The van der Waals surface area contributed by atoms with Crippen molar-refractivity contribution in [3.63, 3.8) is 0 Å². The summed E-state index contributed by atoms with van der Waals surface area (Å²) in [5, 5.41) is 2.36. The number of para-hydroxylation sites is 1. The molecular weight excluding hydrogens is 244 g/mol. The normalized spacial score (nSPS) is 9.72. The average molecular weight is 255 g/mol. The van der Waals surface area contributed by atoms with E-state index < -0.39 is 12.5 Å². The van der Waals surface area contributed by atoms with Gasteiger partial charge >= 0.3 is 6.61 Å². The number of benzene rings is 1. The molecule has 1 amide bonds. The predicted octanol–water partition coefficient (Wildman–Crippen LogP) is 1.66. The first-order chi connectivity index (χ1) is 8.60. The van der Waals surface area contributed by atoms with Crippen LogP contribution in [-0.4, -0.2) is 26.2 Å². The van der Waals surface area contributed by atoms with Crippen molar-refractivity contribution in [3.8, 4) is 23.8 Å². The monoisotopic (exact) mass is 255 g/mol. The highest BCUT2D eigenvalue weighted by Crippen LogP contribution is 2.32. The van der Waals surface area contributed by atoms with Crippen LogP contribution in [0.2, 0.25) is 0 Å². The first-order valence-corrected chi connectivity index (χ1v) is 4.93. The summed E-state index contributed by atoms with van der Waals surface area (Å²) in [7, 11) is 1.29. The van der Waals surface area contributed by atoms with Crippen LogP contribution in [0.4, 0.5) is 8.78 Å². The number of carbonyl (C=O) groups excluding carboxylic acids is 1. The Morgan fingerprint density at radius 3 is 2.83 bits per heavy atom. The van der Waals surface area contributed by atoms with E-state index in [-0.39, 0.29) is 23.6 Å². The molecule has 0 saturated carbocycles. The molecule has 4 nitrogen and oxygen atoms in total. The third kappa shape index (κ3) is 3.35. The van der Waals surface area contributed by atoms with Gasteiger partial charge in [0.1, 0.15) is 0 Å². The standard InChI is InChI=1S/C12H11F2NO3/c1-3-7-15-11(16)8-5-4-6-9(17-2)10(8)18-12(13)14/h1,4-6,12H,7H2,2H3,(H,15,16). The van der Waals surface area contributed by atoms with Gasteiger partial charge in [-0.3, -0.25) is 4.79 Å². The first-order valence-electron chi connectivity index (χ1n) is 4.93. The van der Waals surface area contributed by atoms with Gasteiger partial charge in [-0.05, 0) is 12.1 Å². The van der Waals surface area contributed by atoms with Crippen LogP contribution in [0.5, 0.6) is 11.5 Å². The number of hydrogen-bond acceptors (Lipinski definition) is 3. The van der Waals surface area contributed by atoms with E-state index in [4.69, 9.17) is 11.2 Å². The van der Waals surface area contributed by atoms with Crippen LogP contribution in [0.25, 0.3) is 0 Å². The van der Waals surface area contributed by atoms with Gasteiger partial charge in [0.05, 0.1) is 19.2 Å². The largest absolute Gasteiger partial charge is 0.493 e. The molecule has 0 aliphatic heterocycles. The molecule has 0 atom stereocenters. The maximum absolute atomic E-state index is 12.3. The van der Waals surface area contributed by atoms with Crippen molar-refractivity contribution < 1.29 is 23.0 Å². The minimum atomic E-state index is -3.06. The first kappa shape index (κ1) is 13.8. The predicted molar refractivity (Wildman–Crippen MR) is 60.8 cm³/mol. The summed E-state index contributed by atoms with van der Waals surface area (Å²) in [4.78, 5) is 11.7. The van der Waals surface area contributed by atoms with Crippen LogP contribution in [0, 0.1) is 12.3 Å². The van der Waals surface area contributed by atoms with Gasteiger partial charge in [-0.2, -0.15) is 8.78 Å². The highest BCUT2D eigenvalue weighted by atomic mass is 19.3. The Labute approximate surface area is 103 Å². The Bertz CT molecular complexity index is 469. The van der Waals surface area contributed by atoms with Gasteiger partial charge in [-0.15, -0.1) is 6.42 Å². The van der Waals surface area contributed by atoms with Crippen LogP contribution in [0.3, 0.4) is 0 Å². The lowest BCUT2D eigenvalue weighted by molar-refractivity contribution is -0.0515. The number of carbonyl (C=O) groups is 1. The zero-order valence-electron chi connectivity index (χ0n) is 9.57. The lowest BCUT2D eigenvalue weighted by Crippen LogP contribution is -2.24. The Hall–Kier alpha value is -2.29. The molecule has 6 heteroatoms. The van der Waals surface area contributed by atoms with Crippen molar-refractivity contribution in [2.75, 3.05) is 13.7 Å². The third-order valence-electron chi connectivity index (χ3n) is 2.00. The zero-order chi connectivity index (χ0) is 13.5. The fourth-order valence-electron chi connectivity index (χ4n) is 1.29. The molecule has 0 aromatic heterocycles. The SMILES string of the molecule is C#CCNC(=O)c1cccc(OC)c1OC(F)F. The molecule has 18 heavy (non-hydrogen) atoms. The van der Waals surface area contributed by atoms with Crippen LogP contribution in [0.15, 0.2) is 18.2 Å². The molecule has 0 radical (unpaired) electrons. The summed E-state index contributed by atoms with van der Waals surface area (Å²) >= 11 is 0. The molecule has 1 aromatic rings. The minimum absolute atomic E-state index is 0.00976. The number of ether oxygens (including phenoxy) is 2. The van der Waals surface area contributed by atoms with Crippen molar-refractivity contribution in [1.82, 2.24) is 5.32 Å². The fraction of sp³-hybridized carbons (Fsp3) is 0.250. The third-order valence-corrected chi connectivity index (χ3v) is 2.00. The van der Waals surface area contributed by atoms with Crippen molar-refractivity contribution in [2.24, 2.45) is 0 Å². The van der Waals surface area contributed by atoms with E-state index in [0.29, 0.717) is 0 Å². The van der Waals surface area contributed by atoms with E-state index >= 15 is 0 Å². The molecule has 1 rings (SSSR count). The van der Waals surface area contributed by atoms with Gasteiger partial charge in [0, 0.05) is 0 Å². The Balaban J connectivity index is 3.09. The number of amides is 1. The molecule has 96 valence electrons. The second-order valence-electron chi connectivity index (χ2n) is 3.10. The van der Waals surface area contributed by atoms with E-state index in [9.17, 15) is 13.6 Å². The van der Waals surface area contributed by atoms with Crippen molar-refractivity contribution in [2.45, 2.75) is 6.61 Å². The Morgan fingerprint density at radius 2 is 2.28 bits per heavy atom. The molecule has 1 aromatic carbocycles. The van der Waals surface area contributed by atoms with Crippen LogP contribution in [0.1, 0.15) is 10.4 Å². The zero-order valence-corrected chi connectivity index (χ0v) is 9.57. The second-order valence-corrected chi connectivity index (χ2v) is 3.10. The smallest absolute Gasteiger partial charge is 0.387 e. The number of alkyl halides is 2. The lowest BCUT2D eigenvalue weighted by atomic mass is 10.1. The number of methoxy groups -OCH3 is 1. The molecule has 1 N–H and O–H groups in total. The topological polar surface area (TPSA) is 47.6 Å². The van der Waals surface area contributed by atoms with E-state index in [1.165, 1.54) is 25.3 Å². The highest BCUT2D eigenvalue weighted by Gasteiger charge is 2.19. The van der Waals surface area contributed by atoms with Gasteiger partial charge in [0.25, 0.3) is 5.91 Å². The second kappa shape index (κ2) is 6.45. The van der Waals surface area contributed by atoms with Crippen LogP contribution in [-0.2, 0) is 0 Å². The van der Waals surface area contributed by atoms with E-state index in [2.05, 4.69) is 16.0 Å². The summed E-state index contributed by atoms with van der Waals surface area (Å²) < 4.78 is 33.7. The van der Waals surface area contributed by atoms with Gasteiger partial charge in [-0.1, -0.05) is 12.0 Å². The van der Waals surface area contributed by atoms with Crippen molar-refractivity contribution in [3.05, 3.63) is 23.8 Å². The number of hydrogen-bond donors (Lipinski definition) is 1. The van der Waals surface area contributed by atoms with E-state index in [1.807, 2.05) is 0 Å². The molecule has 0 aliphatic rings. The molecule has 0 spiro atoms. The van der Waals surface area contributed by atoms with Gasteiger partial charge in [0.2, 0.25) is 0 Å². The van der Waals surface area contributed by atoms with Gasteiger partial charge in [0.15, 0.2) is 11.5 Å². The van der Waals surface area contributed by atoms with Crippen LogP contribution >= 0.6 is 0 Å². The lowest BCUT2D eigenvalue weighted by Gasteiger charge is -2.13. The van der Waals surface area contributed by atoms with E-state index in [0.717, 1.165) is 0 Å². The van der Waals surface area contributed by atoms with Crippen molar-refractivity contribution in [1.29, 1.82) is 0 Å². The Kier molecular flexibility index (Phi) is 4.93. The molecule has 0 fully saturated rings. The summed E-state index contributed by atoms with van der Waals surface area (Å²) in [6.45, 7) is -3.06. The molecule has 0 saturated heterocycles. The van der Waals surface area contributed by atoms with Gasteiger partial charge < -0.3 is 14.8 Å². The fourth-order valence-corrected chi connectivity index (χ4v) is 1.29. The number of rotatable bonds is 5. The van der Waals surface area contributed by atoms with Crippen molar-refractivity contribution >= 4 is 5.91 Å². The quantitative estimate of drug-likeness (QED) is 0.814. The van der Waals surface area contributed by atoms with Crippen LogP contribution < -0.4 is 14.8 Å². The number of nitrogens with one attached hydrogen (secondary N) is 1. The highest BCUT2D eigenvalue weighted by molar-refractivity contribution is 5.97. The molecule has 0 unspecified atom stereocenters. The maximum atomic E-state index is 12.3. The molecular formula is C12H11F2NO3. The maximum Gasteiger partial charge on any atom is 0.387 e. The summed E-state index contributed by atoms with van der Waals surface area (Å²) in [6.07, 6.45) is 4.99. The minimum Gasteiger partial charge on any atom is -0.493 e. The summed E-state index contributed by atoms with van der Waals surface area (Å²) in [5.41, 5.74) is -0.0649. The number of terminal acetylenes is 1. The molecule has 0 bridgehead atoms. The summed E-state index contributed by atoms with van der Waals surface area (Å²) in [6, 6.07) is 4.24. The van der Waals surface area contributed by atoms with E-state index in [1.54, 1.807) is 0 Å².